The molecule has 1 unspecified atom stereocenters. The highest BCUT2D eigenvalue weighted by atomic mass is 16.7. The van der Waals surface area contributed by atoms with Crippen molar-refractivity contribution in [3.8, 4) is 0 Å². The molecule has 2 N–H and O–H groups in total. The number of nitrogens with zero attached hydrogens (tertiary/aromatic N) is 1. The number of aliphatic hydroxyl groups excluding tert-OH is 1. The van der Waals surface area contributed by atoms with Crippen LogP contribution >= 0.6 is 0 Å². The molecule has 1 aromatic carbocycles. The van der Waals surface area contributed by atoms with Crippen molar-refractivity contribution in [3.05, 3.63) is 35.4 Å². The van der Waals surface area contributed by atoms with Gasteiger partial charge in [-0.2, -0.15) is 0 Å². The van der Waals surface area contributed by atoms with Gasteiger partial charge in [-0.15, -0.1) is 0 Å². The van der Waals surface area contributed by atoms with Crippen molar-refractivity contribution in [2.45, 2.75) is 57.1 Å². The molecular weight excluding hydrogens is 344 g/mol. The zero-order valence-electron chi connectivity index (χ0n) is 15.9. The van der Waals surface area contributed by atoms with E-state index in [1.165, 1.54) is 5.56 Å². The van der Waals surface area contributed by atoms with Gasteiger partial charge in [-0.25, -0.2) is 0 Å². The molecule has 2 aliphatic heterocycles. The molecule has 148 valence electrons. The van der Waals surface area contributed by atoms with Crippen molar-refractivity contribution in [2.75, 3.05) is 26.3 Å². The Morgan fingerprint density at radius 3 is 2.59 bits per heavy atom. The third-order valence-corrected chi connectivity index (χ3v) is 6.16. The van der Waals surface area contributed by atoms with E-state index in [2.05, 4.69) is 22.3 Å². The van der Waals surface area contributed by atoms with Crippen molar-refractivity contribution in [1.29, 1.82) is 0 Å². The maximum Gasteiger partial charge on any atom is 0.228 e. The van der Waals surface area contributed by atoms with Crippen LogP contribution in [0.2, 0.25) is 0 Å². The maximum atomic E-state index is 12.8. The van der Waals surface area contributed by atoms with E-state index in [1.54, 1.807) is 0 Å². The van der Waals surface area contributed by atoms with Gasteiger partial charge in [-0.1, -0.05) is 24.3 Å². The number of likely N-dealkylation sites (tertiary alicyclic amines) is 1. The fraction of sp³-hybridized carbons (Fsp3) is 0.667. The quantitative estimate of drug-likeness (QED) is 0.822. The highest BCUT2D eigenvalue weighted by Crippen LogP contribution is 2.42. The largest absolute Gasteiger partial charge is 0.393 e. The van der Waals surface area contributed by atoms with E-state index < -0.39 is 5.79 Å². The number of benzene rings is 1. The van der Waals surface area contributed by atoms with Crippen LogP contribution in [0.3, 0.4) is 0 Å². The molecule has 0 radical (unpaired) electrons. The van der Waals surface area contributed by atoms with Gasteiger partial charge in [0.15, 0.2) is 5.79 Å². The minimum atomic E-state index is -0.682. The van der Waals surface area contributed by atoms with E-state index in [0.29, 0.717) is 19.8 Å². The molecule has 2 saturated heterocycles. The molecule has 6 heteroatoms. The number of hydrogen-bond donors (Lipinski definition) is 2. The SMILES string of the molecule is O=C(NCc1ccccc1CN1CCC(O)CC1)C1CCCC12OCCO2. The Balaban J connectivity index is 1.36. The normalized spacial score (nSPS) is 25.9. The zero-order valence-corrected chi connectivity index (χ0v) is 15.9. The topological polar surface area (TPSA) is 71.0 Å². The van der Waals surface area contributed by atoms with Crippen molar-refractivity contribution in [3.63, 3.8) is 0 Å². The average Bonchev–Trinajstić information content (AvgIpc) is 3.33. The molecule has 1 atom stereocenters. The molecule has 27 heavy (non-hydrogen) atoms. The standard InChI is InChI=1S/C21H30N2O4/c24-18-7-10-23(11-8-18)15-17-5-2-1-4-16(17)14-22-20(25)19-6-3-9-21(19)26-12-13-27-21/h1-2,4-5,18-19,24H,3,6-15H2,(H,22,25). The highest BCUT2D eigenvalue weighted by Gasteiger charge is 2.51. The molecule has 4 rings (SSSR count). The predicted molar refractivity (Wildman–Crippen MR) is 101 cm³/mol. The second-order valence-electron chi connectivity index (χ2n) is 7.95. The Morgan fingerprint density at radius 1 is 1.15 bits per heavy atom. The van der Waals surface area contributed by atoms with E-state index in [9.17, 15) is 9.90 Å². The van der Waals surface area contributed by atoms with Gasteiger partial charge in [-0.05, 0) is 36.8 Å². The minimum Gasteiger partial charge on any atom is -0.393 e. The molecule has 3 aliphatic rings. The third-order valence-electron chi connectivity index (χ3n) is 6.16. The lowest BCUT2D eigenvalue weighted by molar-refractivity contribution is -0.186. The number of ether oxygens (including phenoxy) is 2. The van der Waals surface area contributed by atoms with Gasteiger partial charge in [0.25, 0.3) is 0 Å². The van der Waals surface area contributed by atoms with Gasteiger partial charge < -0.3 is 19.9 Å². The second kappa shape index (κ2) is 8.27. The lowest BCUT2D eigenvalue weighted by Crippen LogP contribution is -2.44. The zero-order chi connectivity index (χ0) is 18.7. The number of carbonyl (C=O) groups is 1. The fourth-order valence-electron chi connectivity index (χ4n) is 4.60. The summed E-state index contributed by atoms with van der Waals surface area (Å²) in [5, 5.41) is 12.8. The van der Waals surface area contributed by atoms with Crippen molar-refractivity contribution in [1.82, 2.24) is 10.2 Å². The Kier molecular flexibility index (Phi) is 5.78. The van der Waals surface area contributed by atoms with Crippen LogP contribution in [0.5, 0.6) is 0 Å². The minimum absolute atomic E-state index is 0.0327. The van der Waals surface area contributed by atoms with Crippen molar-refractivity contribution < 1.29 is 19.4 Å². The summed E-state index contributed by atoms with van der Waals surface area (Å²) in [7, 11) is 0. The van der Waals surface area contributed by atoms with E-state index in [1.807, 2.05) is 12.1 Å². The van der Waals surface area contributed by atoms with Gasteiger partial charge >= 0.3 is 0 Å². The average molecular weight is 374 g/mol. The summed E-state index contributed by atoms with van der Waals surface area (Å²) in [5.74, 6) is -0.862. The molecule has 1 aliphatic carbocycles. The maximum absolute atomic E-state index is 12.8. The van der Waals surface area contributed by atoms with Crippen LogP contribution in [0.15, 0.2) is 24.3 Å². The van der Waals surface area contributed by atoms with Crippen molar-refractivity contribution in [2.24, 2.45) is 5.92 Å². The summed E-state index contributed by atoms with van der Waals surface area (Å²) in [4.78, 5) is 15.2. The van der Waals surface area contributed by atoms with Crippen LogP contribution in [-0.2, 0) is 27.4 Å². The van der Waals surface area contributed by atoms with Gasteiger partial charge in [0.2, 0.25) is 5.91 Å². The number of aliphatic hydroxyl groups is 1. The van der Waals surface area contributed by atoms with Crippen LogP contribution in [0, 0.1) is 5.92 Å². The number of rotatable bonds is 5. The van der Waals surface area contributed by atoms with Crippen LogP contribution in [0.4, 0.5) is 0 Å². The number of amides is 1. The van der Waals surface area contributed by atoms with Gasteiger partial charge in [0.05, 0.1) is 25.2 Å². The number of hydrogen-bond acceptors (Lipinski definition) is 5. The Morgan fingerprint density at radius 2 is 1.85 bits per heavy atom. The lowest BCUT2D eigenvalue weighted by Gasteiger charge is -2.30. The first-order valence-corrected chi connectivity index (χ1v) is 10.2. The van der Waals surface area contributed by atoms with Crippen LogP contribution in [0.25, 0.3) is 0 Å². The van der Waals surface area contributed by atoms with Crippen molar-refractivity contribution >= 4 is 5.91 Å². The van der Waals surface area contributed by atoms with Gasteiger partial charge in [0.1, 0.15) is 0 Å². The molecule has 1 amide bonds. The third kappa shape index (κ3) is 4.19. The molecule has 1 aromatic rings. The van der Waals surface area contributed by atoms with Crippen LogP contribution < -0.4 is 5.32 Å². The summed E-state index contributed by atoms with van der Waals surface area (Å²) in [6, 6.07) is 8.28. The summed E-state index contributed by atoms with van der Waals surface area (Å²) in [5.41, 5.74) is 2.39. The molecule has 0 bridgehead atoms. The molecule has 1 saturated carbocycles. The first-order valence-electron chi connectivity index (χ1n) is 10.2. The molecule has 6 nitrogen and oxygen atoms in total. The van der Waals surface area contributed by atoms with E-state index in [-0.39, 0.29) is 17.9 Å². The van der Waals surface area contributed by atoms with Gasteiger partial charge in [0, 0.05) is 32.6 Å². The first-order chi connectivity index (χ1) is 13.2. The number of carbonyl (C=O) groups excluding carboxylic acids is 1. The monoisotopic (exact) mass is 374 g/mol. The van der Waals surface area contributed by atoms with Gasteiger partial charge in [-0.3, -0.25) is 9.69 Å². The Hall–Kier alpha value is -1.47. The fourth-order valence-corrected chi connectivity index (χ4v) is 4.60. The predicted octanol–water partition coefficient (Wildman–Crippen LogP) is 1.80. The molecule has 2 heterocycles. The number of nitrogens with one attached hydrogen (secondary N) is 1. The van der Waals surface area contributed by atoms with Crippen LogP contribution in [-0.4, -0.2) is 54.1 Å². The summed E-state index contributed by atoms with van der Waals surface area (Å²) in [6.45, 7) is 4.38. The van der Waals surface area contributed by atoms with E-state index in [4.69, 9.17) is 9.47 Å². The summed E-state index contributed by atoms with van der Waals surface area (Å²) in [6.07, 6.45) is 4.11. The Labute approximate surface area is 160 Å². The van der Waals surface area contributed by atoms with E-state index in [0.717, 1.165) is 57.3 Å². The first kappa shape index (κ1) is 18.9. The van der Waals surface area contributed by atoms with E-state index >= 15 is 0 Å². The molecule has 0 aromatic heterocycles. The smallest absolute Gasteiger partial charge is 0.228 e. The Bertz CT molecular complexity index is 646. The van der Waals surface area contributed by atoms with Crippen LogP contribution in [0.1, 0.15) is 43.2 Å². The molecule has 1 spiro atoms. The molecular formula is C21H30N2O4. The summed E-state index contributed by atoms with van der Waals surface area (Å²) >= 11 is 0. The molecule has 3 fully saturated rings. The lowest BCUT2D eigenvalue weighted by atomic mass is 10.0. The summed E-state index contributed by atoms with van der Waals surface area (Å²) < 4.78 is 11.6. The highest BCUT2D eigenvalue weighted by molar-refractivity contribution is 5.80. The second-order valence-corrected chi connectivity index (χ2v) is 7.95. The number of piperidine rings is 1.